The van der Waals surface area contributed by atoms with Gasteiger partial charge in [-0.25, -0.2) is 0 Å². The third-order valence-electron chi connectivity index (χ3n) is 0.319. The molecule has 0 fully saturated rings. The van der Waals surface area contributed by atoms with Gasteiger partial charge in [-0.15, -0.1) is 0 Å². The summed E-state index contributed by atoms with van der Waals surface area (Å²) in [6.45, 7) is 0. The van der Waals surface area contributed by atoms with Gasteiger partial charge >= 0.3 is 45.5 Å². The van der Waals surface area contributed by atoms with Gasteiger partial charge in [-0.1, -0.05) is 10.2 Å². The van der Waals surface area contributed by atoms with Gasteiger partial charge in [0.05, 0.1) is 0 Å². The summed E-state index contributed by atoms with van der Waals surface area (Å²) in [6, 6.07) is 0. The fourth-order valence-electron chi connectivity index (χ4n) is 0.145. The van der Waals surface area contributed by atoms with Crippen molar-refractivity contribution in [2.24, 2.45) is 20.7 Å². The molecule has 0 atom stereocenters. The summed E-state index contributed by atoms with van der Waals surface area (Å²) in [5, 5.41) is 18.8. The molecule has 0 amide bonds. The van der Waals surface area contributed by atoms with Crippen molar-refractivity contribution in [3.63, 3.8) is 0 Å². The fourth-order valence-corrected chi connectivity index (χ4v) is 0.145. The zero-order valence-electron chi connectivity index (χ0n) is 2.79. The van der Waals surface area contributed by atoms with Crippen molar-refractivity contribution in [2.45, 2.75) is 0 Å². The van der Waals surface area contributed by atoms with E-state index in [2.05, 4.69) is 20.7 Å². The van der Waals surface area contributed by atoms with Crippen LogP contribution in [-0.4, -0.2) is 51.4 Å². The molecule has 0 saturated carbocycles. The zero-order chi connectivity index (χ0) is 4.41. The second-order valence-corrected chi connectivity index (χ2v) is 0.702. The van der Waals surface area contributed by atoms with Crippen LogP contribution in [-0.2, 0) is 0 Å². The minimum atomic E-state index is -0.130. The van der Waals surface area contributed by atoms with E-state index in [1.54, 1.807) is 0 Å². The molecule has 6 heteroatoms. The Morgan fingerprint density at radius 2 is 1.57 bits per heavy atom. The molecule has 0 aromatic rings. The quantitative estimate of drug-likeness (QED) is 0.494. The van der Waals surface area contributed by atoms with Gasteiger partial charge in [0.2, 0.25) is 0 Å². The van der Waals surface area contributed by atoms with Crippen LogP contribution in [0, 0.1) is 5.41 Å². The monoisotopic (exact) mass is 173 g/mol. The first-order valence-corrected chi connectivity index (χ1v) is 1.30. The van der Waals surface area contributed by atoms with E-state index in [4.69, 9.17) is 5.41 Å². The Morgan fingerprint density at radius 1 is 1.14 bits per heavy atom. The van der Waals surface area contributed by atoms with E-state index in [1.807, 2.05) is 0 Å². The molecule has 7 heavy (non-hydrogen) atoms. The van der Waals surface area contributed by atoms with Gasteiger partial charge in [0.1, 0.15) is 0 Å². The van der Waals surface area contributed by atoms with Crippen LogP contribution < -0.4 is 0 Å². The van der Waals surface area contributed by atoms with Crippen LogP contribution in [0.1, 0.15) is 0 Å². The van der Waals surface area contributed by atoms with Crippen LogP contribution in [0.3, 0.4) is 0 Å². The molecule has 1 aliphatic heterocycles. The number of nitrogens with zero attached hydrogens (tertiary/aromatic N) is 4. The summed E-state index contributed by atoms with van der Waals surface area (Å²) in [5.74, 6) is -0.130. The van der Waals surface area contributed by atoms with Gasteiger partial charge in [0.25, 0.3) is 5.96 Å². The summed E-state index contributed by atoms with van der Waals surface area (Å²) < 4.78 is 0. The molecule has 1 heterocycles. The molecule has 1 aliphatic rings. The average Bonchev–Trinajstić information content (AvgIpc) is 1.86. The molecule has 1 N–H and O–H groups in total. The Balaban J connectivity index is 0.000000360. The summed E-state index contributed by atoms with van der Waals surface area (Å²) in [5.41, 5.74) is 0. The molecule has 0 aromatic heterocycles. The molecule has 1 rings (SSSR count). The van der Waals surface area contributed by atoms with Gasteiger partial charge in [-0.2, -0.15) is 0 Å². The number of nitrogens with one attached hydrogen (secondary N) is 1. The first-order valence-electron chi connectivity index (χ1n) is 1.30. The van der Waals surface area contributed by atoms with Crippen LogP contribution >= 0.6 is 0 Å². The normalized spacial score (nSPS) is 14.6. The predicted octanol–water partition coefficient (Wildman–Crippen LogP) is -0.162. The Bertz CT molecular complexity index is 110. The fraction of sp³-hybridized carbons (Fsp3) is 0. The first kappa shape index (κ1) is 7.35. The van der Waals surface area contributed by atoms with Gasteiger partial charge in [0.15, 0.2) is 0 Å². The molecule has 0 unspecified atom stereocenters. The molecule has 0 aliphatic carbocycles. The van der Waals surface area contributed by atoms with E-state index in [1.165, 1.54) is 0 Å². The zero-order valence-corrected chi connectivity index (χ0v) is 2.79. The third kappa shape index (κ3) is 2.22. The molecule has 0 bridgehead atoms. The molecule has 34 valence electrons. The van der Waals surface area contributed by atoms with Gasteiger partial charge in [0, 0.05) is 0 Å². The molecule has 0 aromatic carbocycles. The Labute approximate surface area is 76.7 Å². The van der Waals surface area contributed by atoms with E-state index < -0.39 is 0 Å². The van der Waals surface area contributed by atoms with Crippen LogP contribution in [0.15, 0.2) is 20.7 Å². The van der Waals surface area contributed by atoms with Crippen molar-refractivity contribution in [3.8, 4) is 0 Å². The van der Waals surface area contributed by atoms with Crippen molar-refractivity contribution >= 4 is 51.4 Å². The number of hydrogen-bond acceptors (Lipinski definition) is 3. The molecule has 0 saturated heterocycles. The molecular formula is CH3N5Sr. The third-order valence-corrected chi connectivity index (χ3v) is 0.319. The standard InChI is InChI=1S/CHN5.Sr.2H/c2-1-3-5-6-4-1;;;/h2H;;;. The van der Waals surface area contributed by atoms with Crippen molar-refractivity contribution in [2.75, 3.05) is 0 Å². The second kappa shape index (κ2) is 3.36. The van der Waals surface area contributed by atoms with Crippen LogP contribution in [0.2, 0.25) is 0 Å². The van der Waals surface area contributed by atoms with Gasteiger partial charge < -0.3 is 0 Å². The van der Waals surface area contributed by atoms with Crippen molar-refractivity contribution in [3.05, 3.63) is 0 Å². The Morgan fingerprint density at radius 3 is 1.71 bits per heavy atom. The van der Waals surface area contributed by atoms with Crippen molar-refractivity contribution in [1.82, 2.24) is 0 Å². The summed E-state index contributed by atoms with van der Waals surface area (Å²) >= 11 is 0. The summed E-state index contributed by atoms with van der Waals surface area (Å²) in [7, 11) is 0. The van der Waals surface area contributed by atoms with Gasteiger partial charge in [-0.3, -0.25) is 5.41 Å². The number of guanidine groups is 1. The van der Waals surface area contributed by atoms with E-state index in [0.29, 0.717) is 0 Å². The maximum atomic E-state index is 6.53. The summed E-state index contributed by atoms with van der Waals surface area (Å²) in [6.07, 6.45) is 0. The number of rotatable bonds is 0. The van der Waals surface area contributed by atoms with Crippen LogP contribution in [0.25, 0.3) is 0 Å². The second-order valence-electron chi connectivity index (χ2n) is 0.702. The first-order chi connectivity index (χ1) is 2.89. The molecular weight excluding hydrogens is 170 g/mol. The summed E-state index contributed by atoms with van der Waals surface area (Å²) in [4.78, 5) is 0. The van der Waals surface area contributed by atoms with E-state index >= 15 is 0 Å². The van der Waals surface area contributed by atoms with Gasteiger partial charge in [-0.05, 0) is 10.4 Å². The topological polar surface area (TPSA) is 73.3 Å². The average molecular weight is 173 g/mol. The van der Waals surface area contributed by atoms with Crippen LogP contribution in [0.4, 0.5) is 0 Å². The molecule has 0 spiro atoms. The van der Waals surface area contributed by atoms with E-state index in [-0.39, 0.29) is 51.4 Å². The minimum absolute atomic E-state index is 0. The number of hydrogen-bond donors (Lipinski definition) is 1. The van der Waals surface area contributed by atoms with Crippen molar-refractivity contribution < 1.29 is 0 Å². The maximum absolute atomic E-state index is 6.53. The van der Waals surface area contributed by atoms with E-state index in [9.17, 15) is 0 Å². The molecule has 0 radical (unpaired) electrons. The Hall–Kier alpha value is 0.351. The Kier molecular flexibility index (Phi) is 3.53. The van der Waals surface area contributed by atoms with Crippen molar-refractivity contribution in [1.29, 1.82) is 5.41 Å². The SMILES string of the molecule is N=C1N=NN=N1.[SrH2]. The predicted molar refractivity (Wildman–Crippen MR) is 26.0 cm³/mol. The molecule has 5 nitrogen and oxygen atoms in total. The van der Waals surface area contributed by atoms with Crippen LogP contribution in [0.5, 0.6) is 0 Å². The van der Waals surface area contributed by atoms with E-state index in [0.717, 1.165) is 0 Å².